The summed E-state index contributed by atoms with van der Waals surface area (Å²) in [7, 11) is 3.39. The van der Waals surface area contributed by atoms with Gasteiger partial charge in [0.25, 0.3) is 0 Å². The second-order valence-electron chi connectivity index (χ2n) is 6.30. The van der Waals surface area contributed by atoms with E-state index in [1.54, 1.807) is 27.1 Å². The van der Waals surface area contributed by atoms with Crippen LogP contribution in [0.4, 0.5) is 4.39 Å². The van der Waals surface area contributed by atoms with Crippen molar-refractivity contribution in [1.82, 2.24) is 15.5 Å². The molecule has 1 unspecified atom stereocenters. The van der Waals surface area contributed by atoms with Crippen molar-refractivity contribution in [2.45, 2.75) is 33.2 Å². The van der Waals surface area contributed by atoms with Gasteiger partial charge in [0.15, 0.2) is 5.96 Å². The van der Waals surface area contributed by atoms with Crippen LogP contribution >= 0.6 is 0 Å². The van der Waals surface area contributed by atoms with Crippen LogP contribution in [0.2, 0.25) is 0 Å². The lowest BCUT2D eigenvalue weighted by Crippen LogP contribution is -2.40. The summed E-state index contributed by atoms with van der Waals surface area (Å²) in [6.45, 7) is 7.67. The SMILES string of the molecule is CCOCCCNC(=NCC(=O)N(C)C)NC(C)c1ccc(C)c(F)c1. The zero-order chi connectivity index (χ0) is 19.5. The average Bonchev–Trinajstić information content (AvgIpc) is 2.60. The van der Waals surface area contributed by atoms with E-state index in [0.717, 1.165) is 12.0 Å². The number of rotatable bonds is 9. The van der Waals surface area contributed by atoms with Gasteiger partial charge in [0.1, 0.15) is 12.4 Å². The van der Waals surface area contributed by atoms with Crippen LogP contribution in [0, 0.1) is 12.7 Å². The van der Waals surface area contributed by atoms with Crippen molar-refractivity contribution in [3.05, 3.63) is 35.1 Å². The molecule has 0 saturated heterocycles. The van der Waals surface area contributed by atoms with Crippen LogP contribution in [-0.2, 0) is 9.53 Å². The Hall–Kier alpha value is -2.15. The van der Waals surface area contributed by atoms with Gasteiger partial charge in [-0.25, -0.2) is 9.38 Å². The second kappa shape index (κ2) is 11.5. The molecule has 0 fully saturated rings. The number of likely N-dealkylation sites (N-methyl/N-ethyl adjacent to an activating group) is 1. The molecular formula is C19H31FN4O2. The number of aryl methyl sites for hydroxylation is 1. The first-order valence-corrected chi connectivity index (χ1v) is 8.94. The Balaban J connectivity index is 2.73. The highest BCUT2D eigenvalue weighted by Crippen LogP contribution is 2.16. The molecule has 0 aromatic heterocycles. The van der Waals surface area contributed by atoms with Crippen LogP contribution < -0.4 is 10.6 Å². The Morgan fingerprint density at radius 3 is 2.73 bits per heavy atom. The van der Waals surface area contributed by atoms with Crippen molar-refractivity contribution in [3.63, 3.8) is 0 Å². The highest BCUT2D eigenvalue weighted by Gasteiger charge is 2.11. The summed E-state index contributed by atoms with van der Waals surface area (Å²) >= 11 is 0. The molecule has 0 saturated carbocycles. The van der Waals surface area contributed by atoms with Crippen LogP contribution in [0.5, 0.6) is 0 Å². The summed E-state index contributed by atoms with van der Waals surface area (Å²) < 4.78 is 19.1. The summed E-state index contributed by atoms with van der Waals surface area (Å²) in [6, 6.07) is 5.00. The van der Waals surface area contributed by atoms with Crippen molar-refractivity contribution in [1.29, 1.82) is 0 Å². The van der Waals surface area contributed by atoms with E-state index < -0.39 is 0 Å². The predicted molar refractivity (Wildman–Crippen MR) is 103 cm³/mol. The summed E-state index contributed by atoms with van der Waals surface area (Å²) in [4.78, 5) is 17.6. The van der Waals surface area contributed by atoms with Crippen LogP contribution in [0.25, 0.3) is 0 Å². The van der Waals surface area contributed by atoms with Crippen LogP contribution in [0.15, 0.2) is 23.2 Å². The highest BCUT2D eigenvalue weighted by molar-refractivity contribution is 5.85. The van der Waals surface area contributed by atoms with Crippen molar-refractivity contribution >= 4 is 11.9 Å². The van der Waals surface area contributed by atoms with E-state index in [4.69, 9.17) is 4.74 Å². The summed E-state index contributed by atoms with van der Waals surface area (Å²) in [5.74, 6) is 0.196. The molecule has 1 aromatic rings. The number of ether oxygens (including phenoxy) is 1. The summed E-state index contributed by atoms with van der Waals surface area (Å²) in [6.07, 6.45) is 0.823. The second-order valence-corrected chi connectivity index (χ2v) is 6.30. The largest absolute Gasteiger partial charge is 0.382 e. The Morgan fingerprint density at radius 1 is 1.38 bits per heavy atom. The third kappa shape index (κ3) is 7.82. The number of nitrogens with one attached hydrogen (secondary N) is 2. The fraction of sp³-hybridized carbons (Fsp3) is 0.579. The van der Waals surface area contributed by atoms with Gasteiger partial charge in [-0.3, -0.25) is 4.79 Å². The molecule has 0 aliphatic carbocycles. The van der Waals surface area contributed by atoms with Gasteiger partial charge in [0, 0.05) is 33.9 Å². The number of nitrogens with zero attached hydrogens (tertiary/aromatic N) is 2. The monoisotopic (exact) mass is 366 g/mol. The maximum absolute atomic E-state index is 13.8. The quantitative estimate of drug-likeness (QED) is 0.400. The zero-order valence-electron chi connectivity index (χ0n) is 16.4. The molecule has 7 heteroatoms. The molecule has 0 bridgehead atoms. The standard InChI is InChI=1S/C19H31FN4O2/c1-6-26-11-7-10-21-19(22-13-18(25)24(4)5)23-15(3)16-9-8-14(2)17(20)12-16/h8-9,12,15H,6-7,10-11,13H2,1-5H3,(H2,21,22,23). The van der Waals surface area contributed by atoms with Crippen LogP contribution in [0.1, 0.15) is 37.4 Å². The number of hydrogen-bond donors (Lipinski definition) is 2. The van der Waals surface area contributed by atoms with E-state index in [2.05, 4.69) is 15.6 Å². The van der Waals surface area contributed by atoms with Crippen LogP contribution in [0.3, 0.4) is 0 Å². The first-order chi connectivity index (χ1) is 12.3. The normalized spacial score (nSPS) is 12.6. The molecule has 146 valence electrons. The van der Waals surface area contributed by atoms with Gasteiger partial charge in [-0.15, -0.1) is 0 Å². The molecule has 1 atom stereocenters. The first kappa shape index (κ1) is 21.9. The fourth-order valence-electron chi connectivity index (χ4n) is 2.13. The lowest BCUT2D eigenvalue weighted by Gasteiger charge is -2.19. The Bertz CT molecular complexity index is 605. The number of carbonyl (C=O) groups is 1. The number of aliphatic imine (C=N–C) groups is 1. The molecule has 1 amide bonds. The maximum Gasteiger partial charge on any atom is 0.243 e. The van der Waals surface area contributed by atoms with Crippen molar-refractivity contribution < 1.29 is 13.9 Å². The van der Waals surface area contributed by atoms with E-state index >= 15 is 0 Å². The molecule has 2 N–H and O–H groups in total. The number of halogens is 1. The Labute approximate surface area is 155 Å². The molecule has 0 aliphatic heterocycles. The minimum atomic E-state index is -0.234. The minimum absolute atomic E-state index is 0.0444. The van der Waals surface area contributed by atoms with Crippen LogP contribution in [-0.4, -0.2) is 57.2 Å². The third-order valence-corrected chi connectivity index (χ3v) is 3.88. The number of amides is 1. The topological polar surface area (TPSA) is 66.0 Å². The maximum atomic E-state index is 13.8. The van der Waals surface area contributed by atoms with Gasteiger partial charge in [-0.05, 0) is 44.4 Å². The van der Waals surface area contributed by atoms with E-state index in [1.165, 1.54) is 11.0 Å². The van der Waals surface area contributed by atoms with E-state index in [9.17, 15) is 9.18 Å². The molecule has 1 aromatic carbocycles. The molecule has 0 aliphatic rings. The van der Waals surface area contributed by atoms with E-state index in [0.29, 0.717) is 31.3 Å². The van der Waals surface area contributed by atoms with Gasteiger partial charge in [0.2, 0.25) is 5.91 Å². The molecule has 0 spiro atoms. The average molecular weight is 366 g/mol. The Kier molecular flexibility index (Phi) is 9.65. The molecule has 1 rings (SSSR count). The summed E-state index contributed by atoms with van der Waals surface area (Å²) in [5, 5.41) is 6.42. The molecule has 0 heterocycles. The molecule has 6 nitrogen and oxygen atoms in total. The number of guanidine groups is 1. The lowest BCUT2D eigenvalue weighted by molar-refractivity contribution is -0.127. The molecule has 0 radical (unpaired) electrons. The molecular weight excluding hydrogens is 335 g/mol. The van der Waals surface area contributed by atoms with Gasteiger partial charge in [-0.2, -0.15) is 0 Å². The fourth-order valence-corrected chi connectivity index (χ4v) is 2.13. The lowest BCUT2D eigenvalue weighted by atomic mass is 10.1. The van der Waals surface area contributed by atoms with Gasteiger partial charge < -0.3 is 20.3 Å². The summed E-state index contributed by atoms with van der Waals surface area (Å²) in [5.41, 5.74) is 1.43. The third-order valence-electron chi connectivity index (χ3n) is 3.88. The molecule has 26 heavy (non-hydrogen) atoms. The number of benzene rings is 1. The van der Waals surface area contributed by atoms with E-state index in [1.807, 2.05) is 19.9 Å². The van der Waals surface area contributed by atoms with Crippen molar-refractivity contribution in [2.75, 3.05) is 40.4 Å². The minimum Gasteiger partial charge on any atom is -0.382 e. The smallest absolute Gasteiger partial charge is 0.243 e. The predicted octanol–water partition coefficient (Wildman–Crippen LogP) is 2.25. The first-order valence-electron chi connectivity index (χ1n) is 8.94. The number of carbonyl (C=O) groups excluding carboxylic acids is 1. The highest BCUT2D eigenvalue weighted by atomic mass is 19.1. The zero-order valence-corrected chi connectivity index (χ0v) is 16.4. The Morgan fingerprint density at radius 2 is 2.12 bits per heavy atom. The van der Waals surface area contributed by atoms with E-state index in [-0.39, 0.29) is 24.3 Å². The van der Waals surface area contributed by atoms with Crippen molar-refractivity contribution in [3.8, 4) is 0 Å². The van der Waals surface area contributed by atoms with Gasteiger partial charge in [0.05, 0.1) is 6.04 Å². The van der Waals surface area contributed by atoms with Crippen molar-refractivity contribution in [2.24, 2.45) is 4.99 Å². The number of hydrogen-bond acceptors (Lipinski definition) is 3. The van der Waals surface area contributed by atoms with Gasteiger partial charge in [-0.1, -0.05) is 12.1 Å². The van der Waals surface area contributed by atoms with Gasteiger partial charge >= 0.3 is 0 Å².